The number of rotatable bonds is 5. The molecule has 92 valence electrons. The van der Waals surface area contributed by atoms with Crippen LogP contribution < -0.4 is 9.46 Å². The number of benzene rings is 1. The Labute approximate surface area is 101 Å². The van der Waals surface area contributed by atoms with Gasteiger partial charge in [-0.3, -0.25) is 0 Å². The largest absolute Gasteiger partial charge is 0.497 e. The summed E-state index contributed by atoms with van der Waals surface area (Å²) in [6.45, 7) is 1.52. The van der Waals surface area contributed by atoms with E-state index < -0.39 is 16.1 Å². The third kappa shape index (κ3) is 3.73. The molecular weight excluding hydrogens is 240 g/mol. The zero-order valence-electron chi connectivity index (χ0n) is 9.67. The van der Waals surface area contributed by atoms with Gasteiger partial charge in [0, 0.05) is 0 Å². The van der Waals surface area contributed by atoms with Crippen LogP contribution in [0, 0.1) is 11.3 Å². The maximum absolute atomic E-state index is 11.4. The molecule has 6 heteroatoms. The first kappa shape index (κ1) is 13.5. The van der Waals surface area contributed by atoms with Crippen molar-refractivity contribution in [3.05, 3.63) is 29.8 Å². The molecule has 0 saturated carbocycles. The molecule has 0 amide bonds. The molecular formula is C11H14N2O3S. The van der Waals surface area contributed by atoms with Gasteiger partial charge < -0.3 is 4.74 Å². The van der Waals surface area contributed by atoms with E-state index in [1.54, 1.807) is 24.3 Å². The molecule has 0 heterocycles. The van der Waals surface area contributed by atoms with Crippen molar-refractivity contribution in [2.45, 2.75) is 13.0 Å². The van der Waals surface area contributed by atoms with E-state index in [9.17, 15) is 8.42 Å². The maximum atomic E-state index is 11.4. The van der Waals surface area contributed by atoms with E-state index in [2.05, 4.69) is 4.72 Å². The van der Waals surface area contributed by atoms with Gasteiger partial charge in [0.05, 0.1) is 18.9 Å². The highest BCUT2D eigenvalue weighted by atomic mass is 32.2. The Hall–Kier alpha value is -1.58. The number of nitrogens with one attached hydrogen (secondary N) is 1. The van der Waals surface area contributed by atoms with Crippen LogP contribution in [0.3, 0.4) is 0 Å². The smallest absolute Gasteiger partial charge is 0.212 e. The van der Waals surface area contributed by atoms with E-state index in [1.165, 1.54) is 14.0 Å². The number of nitriles is 1. The number of hydrogen-bond acceptors (Lipinski definition) is 4. The minimum atomic E-state index is -3.41. The van der Waals surface area contributed by atoms with Gasteiger partial charge in [0.1, 0.15) is 11.8 Å². The van der Waals surface area contributed by atoms with Gasteiger partial charge in [-0.15, -0.1) is 0 Å². The van der Waals surface area contributed by atoms with Crippen molar-refractivity contribution in [2.75, 3.05) is 12.9 Å². The second kappa shape index (κ2) is 5.66. The van der Waals surface area contributed by atoms with Crippen molar-refractivity contribution in [3.8, 4) is 11.8 Å². The molecule has 0 spiro atoms. The molecule has 0 bridgehead atoms. The molecule has 17 heavy (non-hydrogen) atoms. The standard InChI is InChI=1S/C11H14N2O3S/c1-3-17(14,15)13-11(8-12)9-5-4-6-10(7-9)16-2/h4-7,11,13H,3H2,1-2H3. The van der Waals surface area contributed by atoms with Crippen LogP contribution in [0.4, 0.5) is 0 Å². The van der Waals surface area contributed by atoms with Crippen LogP contribution in [0.2, 0.25) is 0 Å². The van der Waals surface area contributed by atoms with Crippen LogP contribution in [0.5, 0.6) is 5.75 Å². The van der Waals surface area contributed by atoms with Crippen LogP contribution in [-0.2, 0) is 10.0 Å². The molecule has 0 aliphatic heterocycles. The third-order valence-corrected chi connectivity index (χ3v) is 3.59. The first-order chi connectivity index (χ1) is 8.02. The molecule has 0 aromatic heterocycles. The van der Waals surface area contributed by atoms with Gasteiger partial charge in [0.2, 0.25) is 10.0 Å². The van der Waals surface area contributed by atoms with Crippen molar-refractivity contribution in [1.82, 2.24) is 4.72 Å². The Balaban J connectivity index is 2.99. The minimum Gasteiger partial charge on any atom is -0.497 e. The van der Waals surface area contributed by atoms with Crippen LogP contribution in [0.25, 0.3) is 0 Å². The van der Waals surface area contributed by atoms with Crippen molar-refractivity contribution in [1.29, 1.82) is 5.26 Å². The predicted octanol–water partition coefficient (Wildman–Crippen LogP) is 1.20. The van der Waals surface area contributed by atoms with Gasteiger partial charge in [-0.1, -0.05) is 12.1 Å². The van der Waals surface area contributed by atoms with Crippen LogP contribution >= 0.6 is 0 Å². The summed E-state index contributed by atoms with van der Waals surface area (Å²) in [6, 6.07) is 7.76. The summed E-state index contributed by atoms with van der Waals surface area (Å²) in [6.07, 6.45) is 0. The zero-order valence-corrected chi connectivity index (χ0v) is 10.5. The molecule has 0 aliphatic rings. The van der Waals surface area contributed by atoms with E-state index in [4.69, 9.17) is 10.00 Å². The molecule has 1 aromatic rings. The van der Waals surface area contributed by atoms with Crippen molar-refractivity contribution in [3.63, 3.8) is 0 Å². The molecule has 1 aromatic carbocycles. The lowest BCUT2D eigenvalue weighted by Gasteiger charge is -2.12. The summed E-state index contributed by atoms with van der Waals surface area (Å²) in [4.78, 5) is 0. The second-order valence-corrected chi connectivity index (χ2v) is 5.40. The number of methoxy groups -OCH3 is 1. The summed E-state index contributed by atoms with van der Waals surface area (Å²) in [5.74, 6) is 0.522. The van der Waals surface area contributed by atoms with Crippen LogP contribution in [0.1, 0.15) is 18.5 Å². The zero-order chi connectivity index (χ0) is 12.9. The van der Waals surface area contributed by atoms with Gasteiger partial charge in [0.15, 0.2) is 0 Å². The monoisotopic (exact) mass is 254 g/mol. The number of sulfonamides is 1. The van der Waals surface area contributed by atoms with Crippen molar-refractivity contribution >= 4 is 10.0 Å². The molecule has 1 N–H and O–H groups in total. The van der Waals surface area contributed by atoms with E-state index >= 15 is 0 Å². The average molecular weight is 254 g/mol. The highest BCUT2D eigenvalue weighted by Gasteiger charge is 2.17. The number of nitrogens with zero attached hydrogens (tertiary/aromatic N) is 1. The van der Waals surface area contributed by atoms with Gasteiger partial charge in [-0.2, -0.15) is 9.98 Å². The van der Waals surface area contributed by atoms with Crippen molar-refractivity contribution in [2.24, 2.45) is 0 Å². The first-order valence-corrected chi connectivity index (χ1v) is 6.71. The van der Waals surface area contributed by atoms with Gasteiger partial charge in [0.25, 0.3) is 0 Å². The Kier molecular flexibility index (Phi) is 4.49. The normalized spacial score (nSPS) is 12.8. The molecule has 0 fully saturated rings. The number of ether oxygens (including phenoxy) is 1. The quantitative estimate of drug-likeness (QED) is 0.856. The fourth-order valence-electron chi connectivity index (χ4n) is 1.25. The Bertz CT molecular complexity index is 520. The highest BCUT2D eigenvalue weighted by molar-refractivity contribution is 7.89. The number of hydrogen-bond donors (Lipinski definition) is 1. The van der Waals surface area contributed by atoms with E-state index in [-0.39, 0.29) is 5.75 Å². The lowest BCUT2D eigenvalue weighted by molar-refractivity contribution is 0.414. The van der Waals surface area contributed by atoms with Gasteiger partial charge in [-0.25, -0.2) is 8.42 Å². The van der Waals surface area contributed by atoms with Crippen LogP contribution in [0.15, 0.2) is 24.3 Å². The summed E-state index contributed by atoms with van der Waals surface area (Å²) in [5.41, 5.74) is 0.559. The van der Waals surface area contributed by atoms with Gasteiger partial charge in [-0.05, 0) is 24.6 Å². The Morgan fingerprint density at radius 2 is 2.24 bits per heavy atom. The Morgan fingerprint density at radius 3 is 2.76 bits per heavy atom. The Morgan fingerprint density at radius 1 is 1.53 bits per heavy atom. The minimum absolute atomic E-state index is 0.0604. The summed E-state index contributed by atoms with van der Waals surface area (Å²) >= 11 is 0. The molecule has 5 nitrogen and oxygen atoms in total. The van der Waals surface area contributed by atoms with Gasteiger partial charge >= 0.3 is 0 Å². The molecule has 1 atom stereocenters. The van der Waals surface area contributed by atoms with Crippen molar-refractivity contribution < 1.29 is 13.2 Å². The fourth-order valence-corrected chi connectivity index (χ4v) is 1.97. The average Bonchev–Trinajstić information content (AvgIpc) is 2.36. The van der Waals surface area contributed by atoms with E-state index in [0.29, 0.717) is 11.3 Å². The summed E-state index contributed by atoms with van der Waals surface area (Å²) < 4.78 is 30.1. The third-order valence-electron chi connectivity index (χ3n) is 2.23. The topological polar surface area (TPSA) is 79.2 Å². The highest BCUT2D eigenvalue weighted by Crippen LogP contribution is 2.19. The molecule has 1 unspecified atom stereocenters. The molecule has 1 rings (SSSR count). The summed E-state index contributed by atoms with van der Waals surface area (Å²) in [7, 11) is -1.90. The molecule has 0 aliphatic carbocycles. The van der Waals surface area contributed by atoms with E-state index in [1.807, 2.05) is 6.07 Å². The van der Waals surface area contributed by atoms with Crippen LogP contribution in [-0.4, -0.2) is 21.3 Å². The van der Waals surface area contributed by atoms with E-state index in [0.717, 1.165) is 0 Å². The first-order valence-electron chi connectivity index (χ1n) is 5.06. The summed E-state index contributed by atoms with van der Waals surface area (Å²) in [5, 5.41) is 8.98. The lowest BCUT2D eigenvalue weighted by Crippen LogP contribution is -2.29. The second-order valence-electron chi connectivity index (χ2n) is 3.36. The fraction of sp³-hybridized carbons (Fsp3) is 0.364. The molecule has 0 saturated heterocycles. The predicted molar refractivity (Wildman–Crippen MR) is 63.9 cm³/mol. The molecule has 0 radical (unpaired) electrons. The maximum Gasteiger partial charge on any atom is 0.212 e. The lowest BCUT2D eigenvalue weighted by atomic mass is 10.1. The SMILES string of the molecule is CCS(=O)(=O)NC(C#N)c1cccc(OC)c1.